The summed E-state index contributed by atoms with van der Waals surface area (Å²) >= 11 is 0. The van der Waals surface area contributed by atoms with Crippen LogP contribution in [0.3, 0.4) is 0 Å². The molecule has 0 aromatic rings. The van der Waals surface area contributed by atoms with E-state index in [1.807, 2.05) is 6.92 Å². The van der Waals surface area contributed by atoms with Gasteiger partial charge in [-0.15, -0.1) is 0 Å². The van der Waals surface area contributed by atoms with Crippen LogP contribution < -0.4 is 0 Å². The van der Waals surface area contributed by atoms with Gasteiger partial charge in [0.05, 0.1) is 5.75 Å². The minimum atomic E-state index is -2.16. The first-order chi connectivity index (χ1) is 4.66. The topological polar surface area (TPSA) is 34.1 Å². The quantitative estimate of drug-likeness (QED) is 0.624. The van der Waals surface area contributed by atoms with Gasteiger partial charge in [0.1, 0.15) is 10.7 Å². The van der Waals surface area contributed by atoms with Crippen LogP contribution in [0, 0.1) is 5.92 Å². The Hall–Kier alpha value is -0.0500. The zero-order chi connectivity index (χ0) is 7.98. The van der Waals surface area contributed by atoms with E-state index >= 15 is 0 Å². The molecule has 0 aromatic heterocycles. The minimum absolute atomic E-state index is 0.348. The maximum absolute atomic E-state index is 10.2. The predicted molar refractivity (Wildman–Crippen MR) is 43.9 cm³/mol. The lowest BCUT2D eigenvalue weighted by molar-refractivity contribution is 0.538. The van der Waals surface area contributed by atoms with Gasteiger partial charge in [0, 0.05) is 0 Å². The molecule has 0 aliphatic heterocycles. The fourth-order valence-electron chi connectivity index (χ4n) is 0.898. The highest BCUT2D eigenvalue weighted by Crippen LogP contribution is 2.06. The van der Waals surface area contributed by atoms with E-state index in [4.69, 9.17) is 0 Å². The summed E-state index contributed by atoms with van der Waals surface area (Å²) in [6.07, 6.45) is 3.34. The molecule has 0 heterocycles. The molecule has 0 aromatic carbocycles. The second-order valence-corrected chi connectivity index (χ2v) is 3.79. The highest BCUT2D eigenvalue weighted by Gasteiger charge is 2.01. The fourth-order valence-corrected chi connectivity index (χ4v) is 1.59. The molecule has 10 heavy (non-hydrogen) atoms. The van der Waals surface area contributed by atoms with Crippen LogP contribution in [0.1, 0.15) is 33.1 Å². The summed E-state index contributed by atoms with van der Waals surface area (Å²) in [6, 6.07) is 0. The van der Waals surface area contributed by atoms with Gasteiger partial charge in [-0.3, -0.25) is 0 Å². The minimum Gasteiger partial charge on any atom is -0.232 e. The van der Waals surface area contributed by atoms with Gasteiger partial charge in [0.15, 0.2) is 0 Å². The summed E-state index contributed by atoms with van der Waals surface area (Å²) in [5.74, 6) is 0.705. The number of thiol groups is 1. The lowest BCUT2D eigenvalue weighted by Crippen LogP contribution is -2.02. The van der Waals surface area contributed by atoms with Gasteiger partial charge in [-0.2, -0.15) is 0 Å². The lowest BCUT2D eigenvalue weighted by Gasteiger charge is -2.04. The van der Waals surface area contributed by atoms with Crippen LogP contribution in [0.4, 0.5) is 0 Å². The number of rotatable bonds is 5. The van der Waals surface area contributed by atoms with E-state index in [1.165, 1.54) is 0 Å². The third-order valence-electron chi connectivity index (χ3n) is 1.51. The first-order valence-corrected chi connectivity index (χ1v) is 5.15. The molecule has 0 rings (SSSR count). The van der Waals surface area contributed by atoms with E-state index in [9.17, 15) is 8.42 Å². The maximum atomic E-state index is 10.2. The summed E-state index contributed by atoms with van der Waals surface area (Å²) in [7, 11) is -2.16. The van der Waals surface area contributed by atoms with Crippen LogP contribution >= 0.6 is 0 Å². The second kappa shape index (κ2) is 5.71. The Morgan fingerprint density at radius 3 is 2.40 bits per heavy atom. The number of unbranched alkanes of at least 4 members (excludes halogenated alkanes) is 1. The van der Waals surface area contributed by atoms with Crippen LogP contribution in [-0.2, 0) is 10.7 Å². The van der Waals surface area contributed by atoms with Crippen molar-refractivity contribution in [2.24, 2.45) is 5.92 Å². The van der Waals surface area contributed by atoms with E-state index in [2.05, 4.69) is 6.92 Å². The molecule has 0 bridgehead atoms. The summed E-state index contributed by atoms with van der Waals surface area (Å²) in [6.45, 7) is 4.10. The van der Waals surface area contributed by atoms with Crippen molar-refractivity contribution in [1.29, 1.82) is 0 Å². The smallest absolute Gasteiger partial charge is 0.140 e. The molecule has 3 heteroatoms. The molecule has 0 aliphatic rings. The van der Waals surface area contributed by atoms with E-state index < -0.39 is 10.7 Å². The molecule has 2 nitrogen and oxygen atoms in total. The summed E-state index contributed by atoms with van der Waals surface area (Å²) in [5.41, 5.74) is 0. The Bertz CT molecular complexity index is 133. The molecule has 0 spiro atoms. The zero-order valence-corrected chi connectivity index (χ0v) is 7.56. The van der Waals surface area contributed by atoms with E-state index in [1.54, 1.807) is 0 Å². The second-order valence-electron chi connectivity index (χ2n) is 2.76. The molecular formula is C7H16O2S. The molecule has 1 unspecified atom stereocenters. The molecule has 0 N–H and O–H groups in total. The largest absolute Gasteiger partial charge is 0.232 e. The van der Waals surface area contributed by atoms with Gasteiger partial charge in [0.2, 0.25) is 0 Å². The zero-order valence-electron chi connectivity index (χ0n) is 6.67. The van der Waals surface area contributed by atoms with Gasteiger partial charge in [-0.05, 0) is 12.3 Å². The molecule has 0 aliphatic carbocycles. The number of hydrogen-bond donors (Lipinski definition) is 1. The number of hydrogen-bond acceptors (Lipinski definition) is 2. The monoisotopic (exact) mass is 164 g/mol. The fraction of sp³-hybridized carbons (Fsp3) is 1.00. The van der Waals surface area contributed by atoms with Crippen molar-refractivity contribution < 1.29 is 8.42 Å². The van der Waals surface area contributed by atoms with E-state index in [0.29, 0.717) is 11.7 Å². The summed E-state index contributed by atoms with van der Waals surface area (Å²) in [4.78, 5) is 0. The Morgan fingerprint density at radius 2 is 2.00 bits per heavy atom. The van der Waals surface area contributed by atoms with Crippen molar-refractivity contribution in [3.63, 3.8) is 0 Å². The Labute approximate surface area is 64.6 Å². The average molecular weight is 164 g/mol. The van der Waals surface area contributed by atoms with Crippen molar-refractivity contribution in [2.75, 3.05) is 5.75 Å². The van der Waals surface area contributed by atoms with Gasteiger partial charge in [-0.1, -0.05) is 26.7 Å². The standard InChI is InChI=1S/C7H16O2S/c1-3-4-5-7(2)6-10(8)9/h7,10H,3-6H2,1-2H3. The van der Waals surface area contributed by atoms with Gasteiger partial charge in [0.25, 0.3) is 0 Å². The van der Waals surface area contributed by atoms with Crippen molar-refractivity contribution in [1.82, 2.24) is 0 Å². The van der Waals surface area contributed by atoms with Crippen LogP contribution in [0.25, 0.3) is 0 Å². The first-order valence-electron chi connectivity index (χ1n) is 3.78. The van der Waals surface area contributed by atoms with E-state index in [0.717, 1.165) is 19.3 Å². The van der Waals surface area contributed by atoms with Gasteiger partial charge < -0.3 is 0 Å². The van der Waals surface area contributed by atoms with Crippen LogP contribution in [0.2, 0.25) is 0 Å². The molecule has 0 radical (unpaired) electrons. The molecule has 0 amide bonds. The van der Waals surface area contributed by atoms with Gasteiger partial charge >= 0.3 is 0 Å². The third kappa shape index (κ3) is 6.08. The SMILES string of the molecule is CCCCC(C)C[SH](=O)=O. The molecule has 1 atom stereocenters. The Balaban J connectivity index is 3.33. The van der Waals surface area contributed by atoms with Crippen LogP contribution in [0.15, 0.2) is 0 Å². The van der Waals surface area contributed by atoms with Crippen molar-refractivity contribution in [3.05, 3.63) is 0 Å². The summed E-state index contributed by atoms with van der Waals surface area (Å²) < 4.78 is 20.4. The average Bonchev–Trinajstić information content (AvgIpc) is 1.82. The molecule has 0 saturated heterocycles. The summed E-state index contributed by atoms with van der Waals surface area (Å²) in [5, 5.41) is 0. The first kappa shape index (κ1) is 9.95. The van der Waals surface area contributed by atoms with Crippen molar-refractivity contribution in [2.45, 2.75) is 33.1 Å². The lowest BCUT2D eigenvalue weighted by atomic mass is 10.1. The molecule has 0 saturated carbocycles. The van der Waals surface area contributed by atoms with Crippen molar-refractivity contribution in [3.8, 4) is 0 Å². The predicted octanol–water partition coefficient (Wildman–Crippen LogP) is 1.42. The third-order valence-corrected chi connectivity index (χ3v) is 2.43. The highest BCUT2D eigenvalue weighted by atomic mass is 32.2. The van der Waals surface area contributed by atoms with Crippen molar-refractivity contribution >= 4 is 10.7 Å². The van der Waals surface area contributed by atoms with E-state index in [-0.39, 0.29) is 0 Å². The van der Waals surface area contributed by atoms with Crippen LogP contribution in [-0.4, -0.2) is 14.2 Å². The highest BCUT2D eigenvalue weighted by molar-refractivity contribution is 7.72. The van der Waals surface area contributed by atoms with Gasteiger partial charge in [-0.25, -0.2) is 8.42 Å². The molecule has 0 fully saturated rings. The normalized spacial score (nSPS) is 13.9. The Morgan fingerprint density at radius 1 is 1.40 bits per heavy atom. The maximum Gasteiger partial charge on any atom is 0.140 e. The van der Waals surface area contributed by atoms with Crippen LogP contribution in [0.5, 0.6) is 0 Å². The molecule has 62 valence electrons. The Kier molecular flexibility index (Phi) is 5.69. The molecular weight excluding hydrogens is 148 g/mol.